The van der Waals surface area contributed by atoms with E-state index in [4.69, 9.17) is 0 Å². The van der Waals surface area contributed by atoms with Crippen molar-refractivity contribution in [3.05, 3.63) is 64.7 Å². The summed E-state index contributed by atoms with van der Waals surface area (Å²) in [5.74, 6) is -0.688. The largest absolute Gasteiger partial charge is 0.390 e. The van der Waals surface area contributed by atoms with E-state index < -0.39 is 6.10 Å². The van der Waals surface area contributed by atoms with Crippen molar-refractivity contribution in [1.29, 1.82) is 0 Å². The molecule has 2 heterocycles. The van der Waals surface area contributed by atoms with Crippen LogP contribution in [-0.2, 0) is 6.54 Å². The number of thiazole rings is 1. The van der Waals surface area contributed by atoms with Crippen LogP contribution in [0.25, 0.3) is 10.2 Å². The number of aliphatic hydroxyl groups excluding tert-OH is 1. The fourth-order valence-electron chi connectivity index (χ4n) is 3.32. The lowest BCUT2D eigenvalue weighted by Gasteiger charge is -2.23. The summed E-state index contributed by atoms with van der Waals surface area (Å²) < 4.78 is 1.13. The molecule has 4 rings (SSSR count). The van der Waals surface area contributed by atoms with E-state index >= 15 is 0 Å². The maximum atomic E-state index is 12.4. The number of para-hydroxylation sites is 1. The number of carbonyl (C=O) groups excluding carboxylic acids is 2. The number of hydrogen-bond acceptors (Lipinski definition) is 6. The lowest BCUT2D eigenvalue weighted by atomic mass is 10.1. The topological polar surface area (TPSA) is 73.7 Å². The normalized spacial score (nSPS) is 15.0. The summed E-state index contributed by atoms with van der Waals surface area (Å²) in [6, 6.07) is 14.7. The van der Waals surface area contributed by atoms with Gasteiger partial charge in [-0.3, -0.25) is 19.4 Å². The van der Waals surface area contributed by atoms with Gasteiger partial charge < -0.3 is 5.11 Å². The molecule has 138 valence electrons. The molecule has 0 unspecified atom stereocenters. The van der Waals surface area contributed by atoms with Crippen molar-refractivity contribution in [2.24, 2.45) is 0 Å². The van der Waals surface area contributed by atoms with E-state index in [1.165, 1.54) is 0 Å². The van der Waals surface area contributed by atoms with Crippen LogP contribution in [0.1, 0.15) is 25.7 Å². The van der Waals surface area contributed by atoms with E-state index in [-0.39, 0.29) is 18.4 Å². The average Bonchev–Trinajstić information content (AvgIpc) is 3.16. The van der Waals surface area contributed by atoms with Crippen LogP contribution in [0, 0.1) is 0 Å². The molecule has 27 heavy (non-hydrogen) atoms. The van der Waals surface area contributed by atoms with Crippen molar-refractivity contribution in [2.45, 2.75) is 12.6 Å². The molecular formula is C20H19N3O3S. The quantitative estimate of drug-likeness (QED) is 0.664. The third-order valence-corrected chi connectivity index (χ3v) is 5.56. The Morgan fingerprint density at radius 1 is 1.07 bits per heavy atom. The molecule has 7 heteroatoms. The molecule has 0 spiro atoms. The summed E-state index contributed by atoms with van der Waals surface area (Å²) in [4.78, 5) is 32.4. The Bertz CT molecular complexity index is 948. The number of aromatic nitrogens is 1. The van der Waals surface area contributed by atoms with Crippen LogP contribution < -0.4 is 0 Å². The number of β-amino-alcohol motifs (C(OH)–C–C–N with tert-alkyl or cyclic N) is 1. The van der Waals surface area contributed by atoms with Crippen LogP contribution in [0.3, 0.4) is 0 Å². The molecule has 6 nitrogen and oxygen atoms in total. The van der Waals surface area contributed by atoms with Crippen molar-refractivity contribution >= 4 is 33.4 Å². The van der Waals surface area contributed by atoms with E-state index in [9.17, 15) is 14.7 Å². The highest BCUT2D eigenvalue weighted by atomic mass is 32.1. The van der Waals surface area contributed by atoms with Crippen molar-refractivity contribution in [3.63, 3.8) is 0 Å². The van der Waals surface area contributed by atoms with Gasteiger partial charge in [0.1, 0.15) is 5.01 Å². The number of aliphatic hydroxyl groups is 1. The second-order valence-corrected chi connectivity index (χ2v) is 7.81. The van der Waals surface area contributed by atoms with E-state index in [0.717, 1.165) is 20.1 Å². The molecular weight excluding hydrogens is 362 g/mol. The van der Waals surface area contributed by atoms with Crippen molar-refractivity contribution in [1.82, 2.24) is 14.8 Å². The van der Waals surface area contributed by atoms with Gasteiger partial charge in [0.25, 0.3) is 11.8 Å². The first kappa shape index (κ1) is 17.8. The molecule has 3 aromatic rings. The monoisotopic (exact) mass is 381 g/mol. The van der Waals surface area contributed by atoms with Crippen molar-refractivity contribution in [2.75, 3.05) is 20.1 Å². The van der Waals surface area contributed by atoms with Crippen LogP contribution >= 0.6 is 11.3 Å². The van der Waals surface area contributed by atoms with Gasteiger partial charge in [-0.2, -0.15) is 0 Å². The zero-order valence-corrected chi connectivity index (χ0v) is 15.6. The number of imide groups is 1. The minimum Gasteiger partial charge on any atom is -0.390 e. The summed E-state index contributed by atoms with van der Waals surface area (Å²) >= 11 is 1.62. The van der Waals surface area contributed by atoms with Crippen LogP contribution in [0.2, 0.25) is 0 Å². The number of nitrogens with zero attached hydrogens (tertiary/aromatic N) is 3. The highest BCUT2D eigenvalue weighted by Crippen LogP contribution is 2.24. The molecule has 0 saturated carbocycles. The number of hydrogen-bond donors (Lipinski definition) is 1. The first-order valence-electron chi connectivity index (χ1n) is 8.69. The molecule has 0 bridgehead atoms. The summed E-state index contributed by atoms with van der Waals surface area (Å²) in [6.07, 6.45) is -0.827. The van der Waals surface area contributed by atoms with Gasteiger partial charge >= 0.3 is 0 Å². The van der Waals surface area contributed by atoms with E-state index in [1.54, 1.807) is 35.6 Å². The van der Waals surface area contributed by atoms with Crippen LogP contribution in [-0.4, -0.2) is 57.9 Å². The Balaban J connectivity index is 1.37. The van der Waals surface area contributed by atoms with Crippen LogP contribution in [0.4, 0.5) is 0 Å². The molecule has 0 radical (unpaired) electrons. The van der Waals surface area contributed by atoms with Gasteiger partial charge in [-0.05, 0) is 31.3 Å². The van der Waals surface area contributed by atoms with Gasteiger partial charge in [-0.1, -0.05) is 24.3 Å². The minimum atomic E-state index is -0.827. The van der Waals surface area contributed by atoms with Crippen molar-refractivity contribution in [3.8, 4) is 0 Å². The van der Waals surface area contributed by atoms with Gasteiger partial charge in [0.15, 0.2) is 0 Å². The van der Waals surface area contributed by atoms with Crippen molar-refractivity contribution < 1.29 is 14.7 Å². The summed E-state index contributed by atoms with van der Waals surface area (Å²) in [5, 5.41) is 11.4. The summed E-state index contributed by atoms with van der Waals surface area (Å²) in [5.41, 5.74) is 1.77. The Kier molecular flexibility index (Phi) is 4.73. The molecule has 1 aromatic heterocycles. The molecule has 0 saturated heterocycles. The van der Waals surface area contributed by atoms with E-state index in [1.807, 2.05) is 36.2 Å². The molecule has 0 fully saturated rings. The molecule has 1 N–H and O–H groups in total. The van der Waals surface area contributed by atoms with Crippen LogP contribution in [0.5, 0.6) is 0 Å². The predicted molar refractivity (Wildman–Crippen MR) is 104 cm³/mol. The van der Waals surface area contributed by atoms with E-state index in [2.05, 4.69) is 4.98 Å². The molecule has 2 amide bonds. The predicted octanol–water partition coefficient (Wildman–Crippen LogP) is 2.39. The van der Waals surface area contributed by atoms with Crippen LogP contribution in [0.15, 0.2) is 48.5 Å². The number of benzene rings is 2. The van der Waals surface area contributed by atoms with Gasteiger partial charge in [-0.25, -0.2) is 4.98 Å². The third-order valence-electron chi connectivity index (χ3n) is 4.54. The molecule has 1 aliphatic rings. The fraction of sp³-hybridized carbons (Fsp3) is 0.250. The molecule has 0 aliphatic carbocycles. The van der Waals surface area contributed by atoms with Gasteiger partial charge in [0.2, 0.25) is 0 Å². The Hall–Kier alpha value is -2.61. The number of rotatable bonds is 6. The van der Waals surface area contributed by atoms with Gasteiger partial charge in [0.05, 0.1) is 40.5 Å². The zero-order valence-electron chi connectivity index (χ0n) is 14.8. The number of likely N-dealkylation sites (N-methyl/N-ethyl adjacent to an activating group) is 1. The second-order valence-electron chi connectivity index (χ2n) is 6.69. The zero-order chi connectivity index (χ0) is 19.0. The molecule has 1 atom stereocenters. The van der Waals surface area contributed by atoms with E-state index in [0.29, 0.717) is 24.2 Å². The summed E-state index contributed by atoms with van der Waals surface area (Å²) in [7, 11) is 1.89. The Morgan fingerprint density at radius 2 is 1.70 bits per heavy atom. The first-order chi connectivity index (χ1) is 13.0. The lowest BCUT2D eigenvalue weighted by molar-refractivity contribution is 0.0488. The highest BCUT2D eigenvalue weighted by Gasteiger charge is 2.36. The number of fused-ring (bicyclic) bond motifs is 2. The average molecular weight is 381 g/mol. The van der Waals surface area contributed by atoms with Gasteiger partial charge in [-0.15, -0.1) is 11.3 Å². The maximum Gasteiger partial charge on any atom is 0.261 e. The van der Waals surface area contributed by atoms with Gasteiger partial charge in [0, 0.05) is 6.54 Å². The Labute approximate surface area is 160 Å². The maximum absolute atomic E-state index is 12.4. The summed E-state index contributed by atoms with van der Waals surface area (Å²) in [6.45, 7) is 0.915. The molecule has 2 aromatic carbocycles. The second kappa shape index (κ2) is 7.19. The highest BCUT2D eigenvalue weighted by molar-refractivity contribution is 7.18. The molecule has 1 aliphatic heterocycles. The lowest BCUT2D eigenvalue weighted by Crippen LogP contribution is -2.41. The number of amides is 2. The SMILES string of the molecule is CN(Cc1nc2ccccc2s1)C[C@@H](O)CN1C(=O)c2ccccc2C1=O. The first-order valence-corrected chi connectivity index (χ1v) is 9.51. The number of carbonyl (C=O) groups is 2. The standard InChI is InChI=1S/C20H19N3O3S/c1-22(12-18-21-16-8-4-5-9-17(16)27-18)10-13(24)11-23-19(25)14-6-2-3-7-15(14)20(23)26/h2-9,13,24H,10-12H2,1H3/t13-/m1/s1. The minimum absolute atomic E-state index is 0.0173. The Morgan fingerprint density at radius 3 is 2.37 bits per heavy atom. The smallest absolute Gasteiger partial charge is 0.261 e. The third kappa shape index (κ3) is 3.49. The fourth-order valence-corrected chi connectivity index (χ4v) is 4.36.